The summed E-state index contributed by atoms with van der Waals surface area (Å²) in [5.41, 5.74) is 8.33. The van der Waals surface area contributed by atoms with Crippen LogP contribution in [0.1, 0.15) is 40.3 Å². The van der Waals surface area contributed by atoms with E-state index in [2.05, 4.69) is 172 Å². The zero-order valence-corrected chi connectivity index (χ0v) is 37.9. The predicted molar refractivity (Wildman–Crippen MR) is 275 cm³/mol. The van der Waals surface area contributed by atoms with Crippen LogP contribution in [0.25, 0.3) is 72.1 Å². The molecule has 10 rings (SSSR count). The summed E-state index contributed by atoms with van der Waals surface area (Å²) in [6.45, 7) is 7.63. The van der Waals surface area contributed by atoms with Gasteiger partial charge >= 0.3 is 0 Å². The molecular weight excluding hydrogens is 879 g/mol. The summed E-state index contributed by atoms with van der Waals surface area (Å²) >= 11 is 8.61. The Kier molecular flexibility index (Phi) is 11.6. The molecule has 0 spiro atoms. The van der Waals surface area contributed by atoms with Crippen LogP contribution in [-0.2, 0) is 0 Å². The van der Waals surface area contributed by atoms with E-state index in [4.69, 9.17) is 6.57 Å². The van der Waals surface area contributed by atoms with Crippen molar-refractivity contribution in [3.63, 3.8) is 0 Å². The Balaban J connectivity index is 0.944. The number of Topliss-reactive ketones (excluding diaryl/α,β-unsaturated/α-hetero) is 1. The molecule has 0 fully saturated rings. The first kappa shape index (κ1) is 40.8. The van der Waals surface area contributed by atoms with Crippen LogP contribution in [0, 0.1) is 17.9 Å². The molecule has 0 aliphatic heterocycles. The number of rotatable bonds is 11. The molecular formula is C55H33N3OS5. The minimum Gasteiger partial charge on any atom is -0.311 e. The third-order valence-electron chi connectivity index (χ3n) is 10.7. The number of benzene rings is 4. The number of hydrogen-bond acceptors (Lipinski definition) is 8. The number of carbonyl (C=O) groups is 1. The number of carbonyl (C=O) groups excluding carboxylic acids is 1. The summed E-state index contributed by atoms with van der Waals surface area (Å²) in [5.74, 6) is -0.174. The molecule has 304 valence electrons. The van der Waals surface area contributed by atoms with Crippen molar-refractivity contribution < 1.29 is 4.79 Å². The number of nitriles is 1. The van der Waals surface area contributed by atoms with Gasteiger partial charge in [-0.1, -0.05) is 72.8 Å². The summed E-state index contributed by atoms with van der Waals surface area (Å²) < 4.78 is 0. The lowest BCUT2D eigenvalue weighted by Crippen LogP contribution is -2.09. The second-order valence-electron chi connectivity index (χ2n) is 14.7. The van der Waals surface area contributed by atoms with E-state index in [1.807, 2.05) is 24.3 Å². The first-order chi connectivity index (χ1) is 31.5. The molecule has 4 aromatic carbocycles. The number of fused-ring (bicyclic) bond motifs is 1. The van der Waals surface area contributed by atoms with Gasteiger partial charge in [0.05, 0.1) is 12.6 Å². The van der Waals surface area contributed by atoms with Gasteiger partial charge in [0.2, 0.25) is 0 Å². The normalized spacial score (nSPS) is 13.7. The molecule has 0 bridgehead atoms. The van der Waals surface area contributed by atoms with Crippen LogP contribution in [0.15, 0.2) is 180 Å². The molecule has 1 aliphatic rings. The first-order valence-corrected chi connectivity index (χ1v) is 24.4. The third-order valence-corrected chi connectivity index (χ3v) is 15.7. The minimum absolute atomic E-state index is 0.0807. The number of thiophene rings is 5. The Labute approximate surface area is 391 Å². The van der Waals surface area contributed by atoms with E-state index in [9.17, 15) is 10.1 Å². The molecule has 5 heterocycles. The summed E-state index contributed by atoms with van der Waals surface area (Å²) in [7, 11) is 0. The van der Waals surface area contributed by atoms with Crippen LogP contribution in [-0.4, -0.2) is 5.78 Å². The SMILES string of the molecule is [C-]#[N+]/C(C#N)=C1\C(=C\c2ccc(-c3ccc(N(c4ccc(-c5ccc(/C=C/c6cccs6)s5)cc4)c4ccc(-c5ccc(/C=C/c6cccs6)s5)cc4)cc3)s2)C(=O)c2ccccc21. The van der Waals surface area contributed by atoms with Gasteiger partial charge in [0.15, 0.2) is 5.78 Å². The molecule has 5 aromatic heterocycles. The third kappa shape index (κ3) is 8.47. The highest BCUT2D eigenvalue weighted by atomic mass is 32.1. The molecule has 0 unspecified atom stereocenters. The van der Waals surface area contributed by atoms with Gasteiger partial charge in [-0.3, -0.25) is 4.79 Å². The molecule has 0 N–H and O–H groups in total. The van der Waals surface area contributed by atoms with E-state index < -0.39 is 0 Å². The van der Waals surface area contributed by atoms with Crippen LogP contribution in [0.3, 0.4) is 0 Å². The van der Waals surface area contributed by atoms with Crippen molar-refractivity contribution in [3.05, 3.63) is 227 Å². The zero-order valence-electron chi connectivity index (χ0n) is 33.8. The summed E-state index contributed by atoms with van der Waals surface area (Å²) in [6, 6.07) is 56.5. The highest BCUT2D eigenvalue weighted by Crippen LogP contribution is 2.43. The van der Waals surface area contributed by atoms with Crippen LogP contribution in [0.2, 0.25) is 0 Å². The maximum absolute atomic E-state index is 13.5. The fourth-order valence-corrected chi connectivity index (χ4v) is 11.7. The topological polar surface area (TPSA) is 48.5 Å². The van der Waals surface area contributed by atoms with Crippen molar-refractivity contribution in [1.82, 2.24) is 0 Å². The van der Waals surface area contributed by atoms with Gasteiger partial charge < -0.3 is 4.90 Å². The number of nitrogens with zero attached hydrogens (tertiary/aromatic N) is 3. The lowest BCUT2D eigenvalue weighted by molar-refractivity contribution is 0.104. The quantitative estimate of drug-likeness (QED) is 0.0738. The standard InChI is InChI=1S/C55H33N3OS5/c1-57-50(35-56)54-47-8-2-3-9-48(47)55(59)49(54)34-46-28-31-53(64-46)38-14-20-41(21-15-38)58(39-16-10-36(11-17-39)51-29-26-44(62-51)24-22-42-6-4-32-60-42)40-18-12-37(13-19-40)52-30-27-45(63-52)25-23-43-7-5-33-61-43/h2-34H/b24-22+,25-23+,49-34-,54-50-. The van der Waals surface area contributed by atoms with Crippen molar-refractivity contribution in [2.24, 2.45) is 0 Å². The minimum atomic E-state index is -0.174. The zero-order chi connectivity index (χ0) is 43.4. The molecule has 9 heteroatoms. The molecule has 0 radical (unpaired) electrons. The average Bonchev–Trinajstić information content (AvgIpc) is 4.21. The number of anilines is 3. The molecule has 0 saturated heterocycles. The highest BCUT2D eigenvalue weighted by molar-refractivity contribution is 7.17. The number of allylic oxidation sites excluding steroid dienone is 3. The molecule has 1 aliphatic carbocycles. The summed E-state index contributed by atoms with van der Waals surface area (Å²) in [6.07, 6.45) is 10.5. The Morgan fingerprint density at radius 1 is 0.516 bits per heavy atom. The Morgan fingerprint density at radius 3 is 1.39 bits per heavy atom. The largest absolute Gasteiger partial charge is 0.311 e. The van der Waals surface area contributed by atoms with Gasteiger partial charge in [-0.05, 0) is 148 Å². The number of ketones is 1. The van der Waals surface area contributed by atoms with E-state index >= 15 is 0 Å². The lowest BCUT2D eigenvalue weighted by Gasteiger charge is -2.26. The molecule has 9 aromatic rings. The molecule has 0 saturated carbocycles. The van der Waals surface area contributed by atoms with Gasteiger partial charge in [-0.15, -0.1) is 56.7 Å². The van der Waals surface area contributed by atoms with Gasteiger partial charge in [-0.25, -0.2) is 10.1 Å². The van der Waals surface area contributed by atoms with Crippen molar-refractivity contribution in [1.29, 1.82) is 5.26 Å². The van der Waals surface area contributed by atoms with Gasteiger partial charge in [-0.2, -0.15) is 0 Å². The van der Waals surface area contributed by atoms with Crippen molar-refractivity contribution in [3.8, 4) is 37.4 Å². The fraction of sp³-hybridized carbons (Fsp3) is 0. The Bertz CT molecular complexity index is 3200. The van der Waals surface area contributed by atoms with Gasteiger partial charge in [0, 0.05) is 72.8 Å². The Morgan fingerprint density at radius 2 is 0.953 bits per heavy atom. The maximum atomic E-state index is 13.5. The van der Waals surface area contributed by atoms with Gasteiger partial charge in [0.1, 0.15) is 0 Å². The van der Waals surface area contributed by atoms with Crippen molar-refractivity contribution >= 4 is 115 Å². The van der Waals surface area contributed by atoms with E-state index in [0.717, 1.165) is 32.4 Å². The van der Waals surface area contributed by atoms with Crippen LogP contribution in [0.4, 0.5) is 17.1 Å². The number of hydrogen-bond donors (Lipinski definition) is 0. The summed E-state index contributed by atoms with van der Waals surface area (Å²) in [5, 5.41) is 14.0. The molecule has 0 amide bonds. The first-order valence-electron chi connectivity index (χ1n) is 20.2. The fourth-order valence-electron chi connectivity index (χ4n) is 7.63. The lowest BCUT2D eigenvalue weighted by atomic mass is 10.0. The maximum Gasteiger partial charge on any atom is 0.270 e. The molecule has 4 nitrogen and oxygen atoms in total. The molecule has 0 atom stereocenters. The second kappa shape index (κ2) is 18.3. The monoisotopic (exact) mass is 911 g/mol. The van der Waals surface area contributed by atoms with E-state index in [-0.39, 0.29) is 11.5 Å². The predicted octanol–water partition coefficient (Wildman–Crippen LogP) is 17.2. The second-order valence-corrected chi connectivity index (χ2v) is 20.0. The van der Waals surface area contributed by atoms with Crippen LogP contribution < -0.4 is 4.90 Å². The van der Waals surface area contributed by atoms with Crippen molar-refractivity contribution in [2.75, 3.05) is 4.90 Å². The van der Waals surface area contributed by atoms with Gasteiger partial charge in [0.25, 0.3) is 5.70 Å². The van der Waals surface area contributed by atoms with E-state index in [0.29, 0.717) is 22.3 Å². The van der Waals surface area contributed by atoms with Crippen LogP contribution in [0.5, 0.6) is 0 Å². The smallest absolute Gasteiger partial charge is 0.270 e. The molecule has 64 heavy (non-hydrogen) atoms. The average molecular weight is 912 g/mol. The van der Waals surface area contributed by atoms with E-state index in [1.54, 1.807) is 74.9 Å². The van der Waals surface area contributed by atoms with Crippen LogP contribution >= 0.6 is 56.7 Å². The highest BCUT2D eigenvalue weighted by Gasteiger charge is 2.32. The Hall–Kier alpha value is -7.21. The van der Waals surface area contributed by atoms with Crippen molar-refractivity contribution in [2.45, 2.75) is 0 Å². The summed E-state index contributed by atoms with van der Waals surface area (Å²) in [4.78, 5) is 28.6. The van der Waals surface area contributed by atoms with E-state index in [1.165, 1.54) is 40.4 Å².